The van der Waals surface area contributed by atoms with Gasteiger partial charge in [0.2, 0.25) is 0 Å². The topological polar surface area (TPSA) is 17.1 Å². The third-order valence-corrected chi connectivity index (χ3v) is 9.93. The Morgan fingerprint density at radius 1 is 0.377 bits per heavy atom. The lowest BCUT2D eigenvalue weighted by molar-refractivity contribution is -0.108. The van der Waals surface area contributed by atoms with Crippen LogP contribution in [0, 0.1) is 23.7 Å². The van der Waals surface area contributed by atoms with Crippen molar-refractivity contribution in [2.75, 3.05) is 0 Å². The normalized spacial score (nSPS) is 13.2. The molecule has 256 valence electrons. The molecule has 0 amide bonds. The fourth-order valence-electron chi connectivity index (χ4n) is 7.10. The first-order valence-electron chi connectivity index (χ1n) is 18.6. The summed E-state index contributed by atoms with van der Waals surface area (Å²) in [6, 6.07) is 51.6. The van der Waals surface area contributed by atoms with Gasteiger partial charge in [0.15, 0.2) is 5.78 Å². The maximum atomic E-state index is 14.3. The Kier molecular flexibility index (Phi) is 10.8. The van der Waals surface area contributed by atoms with Crippen LogP contribution < -0.4 is 0 Å². The smallest absolute Gasteiger partial charge is 0.195 e. The molecule has 0 saturated heterocycles. The highest BCUT2D eigenvalue weighted by molar-refractivity contribution is 6.59. The quantitative estimate of drug-likeness (QED) is 0.169. The molecule has 0 unspecified atom stereocenters. The first-order valence-corrected chi connectivity index (χ1v) is 18.6. The van der Waals surface area contributed by atoms with Gasteiger partial charge in [0.05, 0.1) is 0 Å². The van der Waals surface area contributed by atoms with Crippen molar-refractivity contribution in [1.82, 2.24) is 0 Å². The average molecular weight is 683 g/mol. The summed E-state index contributed by atoms with van der Waals surface area (Å²) in [6.07, 6.45) is 4.84. The van der Waals surface area contributed by atoms with Crippen molar-refractivity contribution >= 4 is 28.1 Å². The van der Waals surface area contributed by atoms with Gasteiger partial charge in [-0.15, -0.1) is 5.92 Å². The lowest BCUT2D eigenvalue weighted by Crippen LogP contribution is -2.07. The zero-order valence-electron chi connectivity index (χ0n) is 30.7. The zero-order chi connectivity index (χ0) is 36.6. The molecule has 0 spiro atoms. The van der Waals surface area contributed by atoms with Gasteiger partial charge >= 0.3 is 0 Å². The molecule has 0 bridgehead atoms. The van der Waals surface area contributed by atoms with Crippen LogP contribution in [-0.2, 0) is 30.5 Å². The molecule has 0 heterocycles. The SMILES string of the molecule is CC.CC#Cc1ccc2c(c1)CC2.O=C1C(c2ccccc2)=C(c2ccccc2)C(c2ccc(C#Cc3ccc4c(c3)CC4)cc2)=C1c1ccccc1. The van der Waals surface area contributed by atoms with Crippen molar-refractivity contribution in [3.63, 3.8) is 0 Å². The summed E-state index contributed by atoms with van der Waals surface area (Å²) in [4.78, 5) is 14.3. The Hall–Kier alpha value is -6.41. The van der Waals surface area contributed by atoms with Gasteiger partial charge in [-0.3, -0.25) is 4.79 Å². The van der Waals surface area contributed by atoms with Crippen LogP contribution in [0.1, 0.15) is 82.0 Å². The van der Waals surface area contributed by atoms with E-state index in [1.165, 1.54) is 41.5 Å². The number of benzene rings is 6. The van der Waals surface area contributed by atoms with Crippen LogP contribution in [-0.4, -0.2) is 5.78 Å². The van der Waals surface area contributed by atoms with Gasteiger partial charge in [-0.05, 0) is 114 Å². The van der Waals surface area contributed by atoms with E-state index >= 15 is 0 Å². The first-order chi connectivity index (χ1) is 26.2. The fraction of sp³-hybridized carbons (Fsp3) is 0.135. The Balaban J connectivity index is 0.000000283. The second-order valence-electron chi connectivity index (χ2n) is 13.1. The van der Waals surface area contributed by atoms with Crippen LogP contribution in [0.3, 0.4) is 0 Å². The largest absolute Gasteiger partial charge is 0.289 e. The van der Waals surface area contributed by atoms with Crippen molar-refractivity contribution in [1.29, 1.82) is 0 Å². The van der Waals surface area contributed by atoms with Crippen LogP contribution >= 0.6 is 0 Å². The van der Waals surface area contributed by atoms with Crippen molar-refractivity contribution in [3.8, 4) is 23.7 Å². The van der Waals surface area contributed by atoms with Gasteiger partial charge in [0.1, 0.15) is 0 Å². The van der Waals surface area contributed by atoms with E-state index in [4.69, 9.17) is 0 Å². The summed E-state index contributed by atoms with van der Waals surface area (Å²) in [5.41, 5.74) is 16.3. The summed E-state index contributed by atoms with van der Waals surface area (Å²) in [6.45, 7) is 5.87. The van der Waals surface area contributed by atoms with Gasteiger partial charge in [-0.1, -0.05) is 147 Å². The predicted molar refractivity (Wildman–Crippen MR) is 222 cm³/mol. The summed E-state index contributed by atoms with van der Waals surface area (Å²) in [5.74, 6) is 12.7. The molecule has 1 nitrogen and oxygen atoms in total. The number of aryl methyl sites for hydroxylation is 4. The van der Waals surface area contributed by atoms with E-state index in [0.717, 1.165) is 67.7 Å². The maximum absolute atomic E-state index is 14.3. The van der Waals surface area contributed by atoms with Gasteiger partial charge < -0.3 is 0 Å². The number of Topliss-reactive ketones (excluding diaryl/α,β-unsaturated/α-hetero) is 1. The third kappa shape index (κ3) is 7.48. The van der Waals surface area contributed by atoms with Gasteiger partial charge in [0.25, 0.3) is 0 Å². The van der Waals surface area contributed by atoms with Crippen LogP contribution in [0.25, 0.3) is 22.3 Å². The van der Waals surface area contributed by atoms with E-state index in [0.29, 0.717) is 0 Å². The Bertz CT molecular complexity index is 2460. The summed E-state index contributed by atoms with van der Waals surface area (Å²) < 4.78 is 0. The van der Waals surface area contributed by atoms with Crippen molar-refractivity contribution in [3.05, 3.63) is 213 Å². The molecule has 3 aliphatic carbocycles. The molecular weight excluding hydrogens is 641 g/mol. The van der Waals surface area contributed by atoms with Crippen LogP contribution in [0.5, 0.6) is 0 Å². The van der Waals surface area contributed by atoms with Crippen molar-refractivity contribution < 1.29 is 4.79 Å². The van der Waals surface area contributed by atoms with Crippen molar-refractivity contribution in [2.45, 2.75) is 46.5 Å². The minimum atomic E-state index is 0.0517. The molecule has 6 aromatic rings. The highest BCUT2D eigenvalue weighted by atomic mass is 16.1. The van der Waals surface area contributed by atoms with E-state index < -0.39 is 0 Å². The molecule has 0 fully saturated rings. The van der Waals surface area contributed by atoms with Crippen LogP contribution in [0.15, 0.2) is 152 Å². The summed E-state index contributed by atoms with van der Waals surface area (Å²) in [7, 11) is 0. The molecule has 9 rings (SSSR count). The number of hydrogen-bond acceptors (Lipinski definition) is 1. The number of fused-ring (bicyclic) bond motifs is 2. The zero-order valence-corrected chi connectivity index (χ0v) is 30.7. The lowest BCUT2D eigenvalue weighted by Gasteiger charge is -2.17. The molecule has 0 N–H and O–H groups in total. The fourth-order valence-corrected chi connectivity index (χ4v) is 7.10. The number of carbonyl (C=O) groups excluding carboxylic acids is 1. The molecule has 1 heteroatoms. The van der Waals surface area contributed by atoms with Crippen LogP contribution in [0.4, 0.5) is 0 Å². The third-order valence-electron chi connectivity index (χ3n) is 9.93. The van der Waals surface area contributed by atoms with E-state index in [1.807, 2.05) is 99.6 Å². The molecule has 0 radical (unpaired) electrons. The standard InChI is InChI=1S/C39H26O.C11H10.C2H6/c40-39-37(31-12-6-2-7-13-31)35(30-10-4-1-5-11-30)36(38(39)32-14-8-3-9-15-32)33-22-18-27(19-23-33)16-17-28-20-21-29-24-25-34(29)26-28;1-2-3-9-4-5-10-6-7-11(10)8-9;1-2/h1-15,18-23,26H,24-25H2;4-5,8H,6-7H2,1H3;1-2H3. The monoisotopic (exact) mass is 682 g/mol. The summed E-state index contributed by atoms with van der Waals surface area (Å²) >= 11 is 0. The average Bonchev–Trinajstić information content (AvgIpc) is 3.50. The molecule has 53 heavy (non-hydrogen) atoms. The molecule has 0 saturated carbocycles. The van der Waals surface area contributed by atoms with E-state index in [1.54, 1.807) is 0 Å². The number of rotatable bonds is 4. The Labute approximate surface area is 314 Å². The predicted octanol–water partition coefficient (Wildman–Crippen LogP) is 11.5. The molecule has 0 aliphatic heterocycles. The van der Waals surface area contributed by atoms with Crippen LogP contribution in [0.2, 0.25) is 0 Å². The second-order valence-corrected chi connectivity index (χ2v) is 13.1. The highest BCUT2D eigenvalue weighted by Crippen LogP contribution is 2.49. The lowest BCUT2D eigenvalue weighted by atomic mass is 9.87. The summed E-state index contributed by atoms with van der Waals surface area (Å²) in [5, 5.41) is 0. The molecule has 0 aromatic heterocycles. The first kappa shape index (κ1) is 35.0. The number of ketones is 1. The number of carbonyl (C=O) groups is 1. The molecule has 6 aromatic carbocycles. The van der Waals surface area contributed by atoms with Gasteiger partial charge in [-0.2, -0.15) is 0 Å². The highest BCUT2D eigenvalue weighted by Gasteiger charge is 2.35. The van der Waals surface area contributed by atoms with E-state index in [2.05, 4.69) is 96.5 Å². The molecule has 3 aliphatic rings. The van der Waals surface area contributed by atoms with Crippen molar-refractivity contribution in [2.24, 2.45) is 0 Å². The number of hydrogen-bond donors (Lipinski definition) is 0. The minimum Gasteiger partial charge on any atom is -0.289 e. The van der Waals surface area contributed by atoms with E-state index in [-0.39, 0.29) is 5.78 Å². The second kappa shape index (κ2) is 16.3. The molecular formula is C52H42O. The maximum Gasteiger partial charge on any atom is 0.195 e. The van der Waals surface area contributed by atoms with Gasteiger partial charge in [0, 0.05) is 39.0 Å². The van der Waals surface area contributed by atoms with Gasteiger partial charge in [-0.25, -0.2) is 0 Å². The minimum absolute atomic E-state index is 0.0517. The van der Waals surface area contributed by atoms with E-state index in [9.17, 15) is 4.79 Å². The number of allylic oxidation sites excluding steroid dienone is 4. The Morgan fingerprint density at radius 2 is 0.736 bits per heavy atom. The molecule has 0 atom stereocenters. The Morgan fingerprint density at radius 3 is 1.13 bits per heavy atom.